The first kappa shape index (κ1) is 39.3. The zero-order chi connectivity index (χ0) is 45.9. The van der Waals surface area contributed by atoms with Gasteiger partial charge in [-0.15, -0.1) is 22.7 Å². The lowest BCUT2D eigenvalue weighted by molar-refractivity contribution is 0.669. The van der Waals surface area contributed by atoms with Crippen LogP contribution in [0.5, 0.6) is 0 Å². The second-order valence-electron chi connectivity index (χ2n) is 17.9. The standard InChI is InChI=1S/C64H38N2O2S2/c1-2-18-40-39(17-1)37-38-48-47-25-14-31-54(62(47)68-60(40)48)66(56-33-16-27-50-45-23-7-12-36-59(45)70-64(50)56)52-29-9-4-20-42(52)41-19-3-8-28-51(41)65(53-30-13-24-46-43-21-5-10-34-57(43)67-61(46)53)55-32-15-26-49-44-22-6-11-35-58(44)69-63(49)55/h1-38H. The molecule has 0 spiro atoms. The van der Waals surface area contributed by atoms with Crippen molar-refractivity contribution in [2.75, 3.05) is 9.80 Å². The summed E-state index contributed by atoms with van der Waals surface area (Å²) in [5, 5.41) is 11.6. The molecule has 15 aromatic rings. The van der Waals surface area contributed by atoms with Gasteiger partial charge in [-0.3, -0.25) is 0 Å². The Morgan fingerprint density at radius 2 is 0.671 bits per heavy atom. The van der Waals surface area contributed by atoms with E-state index in [2.05, 4.69) is 234 Å². The molecule has 4 nitrogen and oxygen atoms in total. The Morgan fingerprint density at radius 1 is 0.257 bits per heavy atom. The van der Waals surface area contributed by atoms with E-state index in [4.69, 9.17) is 8.83 Å². The highest BCUT2D eigenvalue weighted by Gasteiger charge is 2.29. The predicted molar refractivity (Wildman–Crippen MR) is 299 cm³/mol. The lowest BCUT2D eigenvalue weighted by Gasteiger charge is -2.31. The maximum Gasteiger partial charge on any atom is 0.159 e. The van der Waals surface area contributed by atoms with Crippen molar-refractivity contribution in [1.82, 2.24) is 0 Å². The van der Waals surface area contributed by atoms with Gasteiger partial charge in [0, 0.05) is 69.0 Å². The summed E-state index contributed by atoms with van der Waals surface area (Å²) in [5.41, 5.74) is 11.7. The van der Waals surface area contributed by atoms with E-state index >= 15 is 0 Å². The van der Waals surface area contributed by atoms with Gasteiger partial charge in [-0.2, -0.15) is 0 Å². The summed E-state index contributed by atoms with van der Waals surface area (Å²) in [4.78, 5) is 4.89. The molecule has 4 heterocycles. The van der Waals surface area contributed by atoms with Crippen LogP contribution in [0.3, 0.4) is 0 Å². The van der Waals surface area contributed by atoms with Gasteiger partial charge >= 0.3 is 0 Å². The van der Waals surface area contributed by atoms with Gasteiger partial charge in [0.05, 0.1) is 43.5 Å². The van der Waals surface area contributed by atoms with Gasteiger partial charge in [-0.1, -0.05) is 170 Å². The second-order valence-corrected chi connectivity index (χ2v) is 20.0. The predicted octanol–water partition coefficient (Wildman–Crippen LogP) is 20.0. The monoisotopic (exact) mass is 930 g/mol. The number of furan rings is 2. The van der Waals surface area contributed by atoms with Crippen LogP contribution in [0, 0.1) is 0 Å². The molecule has 0 radical (unpaired) electrons. The van der Waals surface area contributed by atoms with E-state index in [1.165, 1.54) is 40.3 Å². The summed E-state index contributed by atoms with van der Waals surface area (Å²) in [6.45, 7) is 0. The molecule has 4 aromatic heterocycles. The highest BCUT2D eigenvalue weighted by atomic mass is 32.1. The van der Waals surface area contributed by atoms with Gasteiger partial charge in [-0.25, -0.2) is 0 Å². The minimum atomic E-state index is 0.838. The molecule has 0 fully saturated rings. The van der Waals surface area contributed by atoms with Crippen LogP contribution in [0.1, 0.15) is 0 Å². The molecular weight excluding hydrogens is 893 g/mol. The molecule has 15 rings (SSSR count). The molecule has 0 saturated heterocycles. The molecule has 0 aliphatic rings. The van der Waals surface area contributed by atoms with Crippen LogP contribution < -0.4 is 9.80 Å². The van der Waals surface area contributed by atoms with Crippen molar-refractivity contribution in [2.45, 2.75) is 0 Å². The largest absolute Gasteiger partial charge is 0.454 e. The van der Waals surface area contributed by atoms with Crippen molar-refractivity contribution in [3.05, 3.63) is 231 Å². The van der Waals surface area contributed by atoms with Crippen LogP contribution in [-0.4, -0.2) is 0 Å². The topological polar surface area (TPSA) is 32.8 Å². The smallest absolute Gasteiger partial charge is 0.159 e. The fourth-order valence-electron chi connectivity index (χ4n) is 11.0. The summed E-state index contributed by atoms with van der Waals surface area (Å²) in [6.07, 6.45) is 0. The first-order chi connectivity index (χ1) is 34.7. The number of anilines is 6. The van der Waals surface area contributed by atoms with Gasteiger partial charge in [0.1, 0.15) is 11.2 Å². The van der Waals surface area contributed by atoms with Crippen LogP contribution in [-0.2, 0) is 0 Å². The van der Waals surface area contributed by atoms with E-state index in [9.17, 15) is 0 Å². The van der Waals surface area contributed by atoms with Gasteiger partial charge in [0.2, 0.25) is 0 Å². The number of fused-ring (bicyclic) bond motifs is 14. The molecule has 0 saturated carbocycles. The van der Waals surface area contributed by atoms with E-state index in [0.29, 0.717) is 0 Å². The van der Waals surface area contributed by atoms with E-state index in [0.717, 1.165) is 99.9 Å². The fraction of sp³-hybridized carbons (Fsp3) is 0. The first-order valence-electron chi connectivity index (χ1n) is 23.6. The Bertz CT molecular complexity index is 4480. The molecule has 6 heteroatoms. The minimum absolute atomic E-state index is 0.838. The number of hydrogen-bond donors (Lipinski definition) is 0. The van der Waals surface area contributed by atoms with Crippen molar-refractivity contribution in [3.8, 4) is 11.1 Å². The molecule has 0 bridgehead atoms. The van der Waals surface area contributed by atoms with Gasteiger partial charge < -0.3 is 18.6 Å². The number of nitrogens with zero attached hydrogens (tertiary/aromatic N) is 2. The van der Waals surface area contributed by atoms with Crippen LogP contribution in [0.4, 0.5) is 34.1 Å². The first-order valence-corrected chi connectivity index (χ1v) is 25.2. The quantitative estimate of drug-likeness (QED) is 0.159. The average molecular weight is 931 g/mol. The Balaban J connectivity index is 1.03. The third-order valence-electron chi connectivity index (χ3n) is 14.1. The molecule has 70 heavy (non-hydrogen) atoms. The molecule has 328 valence electrons. The van der Waals surface area contributed by atoms with Gasteiger partial charge in [0.15, 0.2) is 11.2 Å². The molecule has 0 unspecified atom stereocenters. The third kappa shape index (κ3) is 5.81. The zero-order valence-corrected chi connectivity index (χ0v) is 39.1. The van der Waals surface area contributed by atoms with Crippen molar-refractivity contribution >= 4 is 152 Å². The van der Waals surface area contributed by atoms with E-state index in [-0.39, 0.29) is 0 Å². The van der Waals surface area contributed by atoms with E-state index < -0.39 is 0 Å². The van der Waals surface area contributed by atoms with Crippen molar-refractivity contribution in [1.29, 1.82) is 0 Å². The van der Waals surface area contributed by atoms with Crippen molar-refractivity contribution in [3.63, 3.8) is 0 Å². The van der Waals surface area contributed by atoms with Crippen LogP contribution in [0.2, 0.25) is 0 Å². The molecule has 11 aromatic carbocycles. The zero-order valence-electron chi connectivity index (χ0n) is 37.5. The summed E-state index contributed by atoms with van der Waals surface area (Å²) in [5.74, 6) is 0. The molecule has 0 aliphatic carbocycles. The lowest BCUT2D eigenvalue weighted by Crippen LogP contribution is -2.14. The molecular formula is C64H38N2O2S2. The van der Waals surface area contributed by atoms with Gasteiger partial charge in [0.25, 0.3) is 0 Å². The Kier molecular flexibility index (Phi) is 8.66. The summed E-state index contributed by atoms with van der Waals surface area (Å²) < 4.78 is 19.0. The number of rotatable bonds is 7. The Labute approximate surface area is 409 Å². The normalized spacial score (nSPS) is 12.0. The molecule has 0 N–H and O–H groups in total. The second kappa shape index (κ2) is 15.4. The summed E-state index contributed by atoms with van der Waals surface area (Å²) >= 11 is 3.68. The molecule has 0 amide bonds. The number of benzene rings is 11. The number of thiophene rings is 2. The van der Waals surface area contributed by atoms with Crippen molar-refractivity contribution < 1.29 is 8.83 Å². The lowest BCUT2D eigenvalue weighted by atomic mass is 9.98. The van der Waals surface area contributed by atoms with Crippen molar-refractivity contribution in [2.24, 2.45) is 0 Å². The molecule has 0 atom stereocenters. The highest BCUT2D eigenvalue weighted by molar-refractivity contribution is 7.26. The fourth-order valence-corrected chi connectivity index (χ4v) is 13.4. The SMILES string of the molecule is c1ccc(N(c2cccc3c2oc2ccccc23)c2cccc3c2sc2ccccc23)c(-c2ccccc2N(c2cccc3c2oc2c4ccccc4ccc32)c2cccc3c2sc2ccccc23)c1. The number of hydrogen-bond acceptors (Lipinski definition) is 6. The Hall–Kier alpha value is -8.68. The van der Waals surface area contributed by atoms with Crippen LogP contribution >= 0.6 is 22.7 Å². The third-order valence-corrected chi connectivity index (χ3v) is 16.5. The maximum absolute atomic E-state index is 7.19. The highest BCUT2D eigenvalue weighted by Crippen LogP contribution is 2.54. The number of para-hydroxylation sites is 5. The summed E-state index contributed by atoms with van der Waals surface area (Å²) in [6, 6.07) is 83.1. The van der Waals surface area contributed by atoms with Gasteiger partial charge in [-0.05, 0) is 66.0 Å². The van der Waals surface area contributed by atoms with Crippen LogP contribution in [0.15, 0.2) is 239 Å². The molecule has 0 aliphatic heterocycles. The van der Waals surface area contributed by atoms with E-state index in [1.54, 1.807) is 0 Å². The van der Waals surface area contributed by atoms with Crippen LogP contribution in [0.25, 0.3) is 106 Å². The average Bonchev–Trinajstić information content (AvgIpc) is 4.21. The maximum atomic E-state index is 7.19. The van der Waals surface area contributed by atoms with E-state index in [1.807, 2.05) is 28.7 Å². The summed E-state index contributed by atoms with van der Waals surface area (Å²) in [7, 11) is 0. The Morgan fingerprint density at radius 3 is 1.29 bits per heavy atom. The minimum Gasteiger partial charge on any atom is -0.454 e.